The highest BCUT2D eigenvalue weighted by Gasteiger charge is 2.35. The van der Waals surface area contributed by atoms with E-state index in [-0.39, 0.29) is 11.6 Å². The van der Waals surface area contributed by atoms with Crippen LogP contribution in [0.3, 0.4) is 0 Å². The van der Waals surface area contributed by atoms with Crippen LogP contribution in [-0.2, 0) is 15.7 Å². The monoisotopic (exact) mass is 353 g/mol. The van der Waals surface area contributed by atoms with E-state index in [0.29, 0.717) is 18.2 Å². The Kier molecular flexibility index (Phi) is 4.80. The quantitative estimate of drug-likeness (QED) is 0.863. The highest BCUT2D eigenvalue weighted by atomic mass is 19.4. The fourth-order valence-corrected chi connectivity index (χ4v) is 2.29. The number of nitrogens with zero attached hydrogens (tertiary/aromatic N) is 2. The molecule has 1 aliphatic rings. The van der Waals surface area contributed by atoms with Crippen molar-refractivity contribution in [2.45, 2.75) is 32.0 Å². The van der Waals surface area contributed by atoms with Gasteiger partial charge in [0.2, 0.25) is 0 Å². The minimum absolute atomic E-state index is 0.258. The molecule has 0 saturated heterocycles. The molecule has 134 valence electrons. The Labute approximate surface area is 142 Å². The summed E-state index contributed by atoms with van der Waals surface area (Å²) in [5.41, 5.74) is -0.115. The highest BCUT2D eigenvalue weighted by Crippen LogP contribution is 2.31. The summed E-state index contributed by atoms with van der Waals surface area (Å²) < 4.78 is 45.0. The summed E-state index contributed by atoms with van der Waals surface area (Å²) in [5, 5.41) is 6.40. The number of hydrogen-bond acceptors (Lipinski definition) is 3. The molecule has 5 nitrogen and oxygen atoms in total. The summed E-state index contributed by atoms with van der Waals surface area (Å²) in [7, 11) is 0. The molecule has 8 heteroatoms. The smallest absolute Gasteiger partial charge is 0.368 e. The van der Waals surface area contributed by atoms with Crippen molar-refractivity contribution < 1.29 is 22.7 Å². The number of benzene rings is 1. The molecule has 1 aromatic heterocycles. The van der Waals surface area contributed by atoms with Gasteiger partial charge in [-0.3, -0.25) is 4.79 Å². The van der Waals surface area contributed by atoms with Crippen LogP contribution < -0.4 is 5.32 Å². The molecule has 1 N–H and O–H groups in total. The van der Waals surface area contributed by atoms with Crippen molar-refractivity contribution in [3.05, 3.63) is 42.2 Å². The lowest BCUT2D eigenvalue weighted by Crippen LogP contribution is -2.28. The van der Waals surface area contributed by atoms with E-state index < -0.39 is 18.0 Å². The standard InChI is InChI=1S/C17H18F3N3O2/c1-11(25-10-12-2-3-12)16(24)22-13-4-6-14(7-5-13)23-15(8-9-21-23)17(18,19)20/h4-9,11-12H,2-3,10H2,1H3,(H,22,24). The molecule has 1 aliphatic carbocycles. The number of amides is 1. The van der Waals surface area contributed by atoms with Crippen LogP contribution in [-0.4, -0.2) is 28.4 Å². The first-order valence-corrected chi connectivity index (χ1v) is 7.99. The molecule has 0 aliphatic heterocycles. The largest absolute Gasteiger partial charge is 0.433 e. The van der Waals surface area contributed by atoms with Crippen molar-refractivity contribution in [1.82, 2.24) is 9.78 Å². The van der Waals surface area contributed by atoms with Crippen LogP contribution >= 0.6 is 0 Å². The third kappa shape index (κ3) is 4.39. The summed E-state index contributed by atoms with van der Waals surface area (Å²) in [4.78, 5) is 12.0. The maximum absolute atomic E-state index is 12.9. The van der Waals surface area contributed by atoms with E-state index in [1.807, 2.05) is 0 Å². The van der Waals surface area contributed by atoms with E-state index in [1.165, 1.54) is 24.3 Å². The number of alkyl halides is 3. The lowest BCUT2D eigenvalue weighted by atomic mass is 10.2. The molecule has 0 radical (unpaired) electrons. The van der Waals surface area contributed by atoms with Crippen molar-refractivity contribution in [3.63, 3.8) is 0 Å². The van der Waals surface area contributed by atoms with E-state index in [2.05, 4.69) is 10.4 Å². The van der Waals surface area contributed by atoms with Gasteiger partial charge in [0.15, 0.2) is 0 Å². The van der Waals surface area contributed by atoms with Gasteiger partial charge >= 0.3 is 6.18 Å². The third-order valence-electron chi connectivity index (χ3n) is 3.96. The third-order valence-corrected chi connectivity index (χ3v) is 3.96. The second kappa shape index (κ2) is 6.87. The van der Waals surface area contributed by atoms with E-state index in [4.69, 9.17) is 4.74 Å². The van der Waals surface area contributed by atoms with Crippen molar-refractivity contribution in [2.75, 3.05) is 11.9 Å². The maximum Gasteiger partial charge on any atom is 0.433 e. The van der Waals surface area contributed by atoms with E-state index in [0.717, 1.165) is 29.8 Å². The predicted molar refractivity (Wildman–Crippen MR) is 85.3 cm³/mol. The summed E-state index contributed by atoms with van der Waals surface area (Å²) in [5.74, 6) is 0.273. The zero-order chi connectivity index (χ0) is 18.0. The average molecular weight is 353 g/mol. The lowest BCUT2D eigenvalue weighted by Gasteiger charge is -2.14. The van der Waals surface area contributed by atoms with E-state index in [9.17, 15) is 18.0 Å². The number of carbonyl (C=O) groups is 1. The Bertz CT molecular complexity index is 736. The zero-order valence-corrected chi connectivity index (χ0v) is 13.6. The van der Waals surface area contributed by atoms with Gasteiger partial charge in [-0.05, 0) is 56.0 Å². The summed E-state index contributed by atoms with van der Waals surface area (Å²) >= 11 is 0. The molecule has 1 aromatic carbocycles. The molecule has 0 bridgehead atoms. The molecule has 1 fully saturated rings. The van der Waals surface area contributed by atoms with Crippen LogP contribution in [0.1, 0.15) is 25.5 Å². The number of aromatic nitrogens is 2. The topological polar surface area (TPSA) is 56.1 Å². The van der Waals surface area contributed by atoms with Crippen molar-refractivity contribution in [1.29, 1.82) is 0 Å². The Hall–Kier alpha value is -2.35. The van der Waals surface area contributed by atoms with Gasteiger partial charge < -0.3 is 10.1 Å². The molecule has 2 aromatic rings. The van der Waals surface area contributed by atoms with Crippen LogP contribution in [0.2, 0.25) is 0 Å². The van der Waals surface area contributed by atoms with Gasteiger partial charge in [-0.15, -0.1) is 0 Å². The van der Waals surface area contributed by atoms with Gasteiger partial charge in [-0.25, -0.2) is 4.68 Å². The first kappa shape index (κ1) is 17.5. The van der Waals surface area contributed by atoms with Crippen molar-refractivity contribution in [3.8, 4) is 5.69 Å². The van der Waals surface area contributed by atoms with Crippen molar-refractivity contribution in [2.24, 2.45) is 5.92 Å². The van der Waals surface area contributed by atoms with Crippen LogP contribution in [0.4, 0.5) is 18.9 Å². The average Bonchev–Trinajstić information content (AvgIpc) is 3.25. The van der Waals surface area contributed by atoms with E-state index >= 15 is 0 Å². The number of ether oxygens (including phenoxy) is 1. The summed E-state index contributed by atoms with van der Waals surface area (Å²) in [6.45, 7) is 2.25. The molecule has 1 atom stereocenters. The zero-order valence-electron chi connectivity index (χ0n) is 13.6. The van der Waals surface area contributed by atoms with Crippen LogP contribution in [0.15, 0.2) is 36.5 Å². The van der Waals surface area contributed by atoms with Gasteiger partial charge in [0.25, 0.3) is 5.91 Å². The second-order valence-electron chi connectivity index (χ2n) is 6.08. The molecule has 1 unspecified atom stereocenters. The molecular weight excluding hydrogens is 335 g/mol. The van der Waals surface area contributed by atoms with E-state index in [1.54, 1.807) is 6.92 Å². The Balaban J connectivity index is 1.64. The minimum Gasteiger partial charge on any atom is -0.368 e. The Morgan fingerprint density at radius 1 is 1.32 bits per heavy atom. The summed E-state index contributed by atoms with van der Waals surface area (Å²) in [6, 6.07) is 6.90. The fourth-order valence-electron chi connectivity index (χ4n) is 2.29. The molecule has 1 amide bonds. The highest BCUT2D eigenvalue weighted by molar-refractivity contribution is 5.93. The Morgan fingerprint density at radius 3 is 2.60 bits per heavy atom. The van der Waals surface area contributed by atoms with Crippen LogP contribution in [0.25, 0.3) is 5.69 Å². The minimum atomic E-state index is -4.49. The molecule has 1 heterocycles. The number of hydrogen-bond donors (Lipinski definition) is 1. The van der Waals surface area contributed by atoms with Crippen LogP contribution in [0.5, 0.6) is 0 Å². The molecule has 25 heavy (non-hydrogen) atoms. The number of halogens is 3. The van der Waals surface area contributed by atoms with Gasteiger partial charge in [-0.2, -0.15) is 18.3 Å². The van der Waals surface area contributed by atoms with Gasteiger partial charge in [-0.1, -0.05) is 0 Å². The van der Waals surface area contributed by atoms with Crippen LogP contribution in [0, 0.1) is 5.92 Å². The van der Waals surface area contributed by atoms with Crippen molar-refractivity contribution >= 4 is 11.6 Å². The number of carbonyl (C=O) groups excluding carboxylic acids is 1. The summed E-state index contributed by atoms with van der Waals surface area (Å²) in [6.07, 6.45) is -1.69. The second-order valence-corrected chi connectivity index (χ2v) is 6.08. The van der Waals surface area contributed by atoms with Gasteiger partial charge in [0, 0.05) is 5.69 Å². The molecule has 0 spiro atoms. The lowest BCUT2D eigenvalue weighted by molar-refractivity contribution is -0.142. The first-order valence-electron chi connectivity index (χ1n) is 7.99. The molecular formula is C17H18F3N3O2. The number of anilines is 1. The number of nitrogens with one attached hydrogen (secondary N) is 1. The fraction of sp³-hybridized carbons (Fsp3) is 0.412. The molecule has 3 rings (SSSR count). The first-order chi connectivity index (χ1) is 11.8. The number of rotatable bonds is 6. The Morgan fingerprint density at radius 2 is 2.00 bits per heavy atom. The molecule has 1 saturated carbocycles. The predicted octanol–water partition coefficient (Wildman–Crippen LogP) is 3.64. The van der Waals surface area contributed by atoms with Gasteiger partial charge in [0.1, 0.15) is 11.8 Å². The van der Waals surface area contributed by atoms with Gasteiger partial charge in [0.05, 0.1) is 18.5 Å². The SMILES string of the molecule is CC(OCC1CC1)C(=O)Nc1ccc(-n2nccc2C(F)(F)F)cc1. The maximum atomic E-state index is 12.9. The normalized spacial score (nSPS) is 15.8.